The molecule has 0 unspecified atom stereocenters. The van der Waals surface area contributed by atoms with Crippen molar-refractivity contribution in [2.75, 3.05) is 0 Å². The van der Waals surface area contributed by atoms with Crippen molar-refractivity contribution < 1.29 is 4.74 Å². The number of nitrogens with zero attached hydrogens (tertiary/aromatic N) is 1. The van der Waals surface area contributed by atoms with E-state index in [0.717, 1.165) is 10.0 Å². The maximum absolute atomic E-state index is 6.03. The molecule has 6 heteroatoms. The van der Waals surface area contributed by atoms with Gasteiger partial charge in [0.15, 0.2) is 0 Å². The molecule has 2 aromatic rings. The van der Waals surface area contributed by atoms with Crippen LogP contribution in [0.25, 0.3) is 0 Å². The molecule has 0 spiro atoms. The molecule has 1 aromatic heterocycles. The third-order valence-electron chi connectivity index (χ3n) is 2.14. The molecular formula is C12H7BrCl3NO. The molecule has 1 aromatic carbocycles. The molecule has 2 nitrogen and oxygen atoms in total. The van der Waals surface area contributed by atoms with Crippen molar-refractivity contribution in [2.24, 2.45) is 0 Å². The minimum Gasteiger partial charge on any atom is -0.437 e. The summed E-state index contributed by atoms with van der Waals surface area (Å²) < 4.78 is 6.47. The Morgan fingerprint density at radius 1 is 1.22 bits per heavy atom. The third-order valence-corrected chi connectivity index (χ3v) is 3.39. The first-order valence-electron chi connectivity index (χ1n) is 4.93. The van der Waals surface area contributed by atoms with Gasteiger partial charge >= 0.3 is 0 Å². The van der Waals surface area contributed by atoms with Crippen LogP contribution in [0.15, 0.2) is 34.9 Å². The fraction of sp³-hybridized carbons (Fsp3) is 0.0833. The Morgan fingerprint density at radius 2 is 2.00 bits per heavy atom. The van der Waals surface area contributed by atoms with E-state index in [-0.39, 0.29) is 0 Å². The Hall–Kier alpha value is -0.480. The molecule has 0 aliphatic heterocycles. The van der Waals surface area contributed by atoms with Gasteiger partial charge in [-0.25, -0.2) is 4.98 Å². The average Bonchev–Trinajstić information content (AvgIpc) is 2.34. The number of ether oxygens (including phenoxy) is 1. The standard InChI is InChI=1S/C12H7BrCl3NO/c13-8-3-7(5-14)12(17-6-8)18-11-2-1-9(15)4-10(11)16/h1-4,6H,5H2. The second kappa shape index (κ2) is 6.11. The smallest absolute Gasteiger partial charge is 0.223 e. The quantitative estimate of drug-likeness (QED) is 0.651. The van der Waals surface area contributed by atoms with Crippen molar-refractivity contribution in [3.05, 3.63) is 50.5 Å². The highest BCUT2D eigenvalue weighted by Gasteiger charge is 2.09. The van der Waals surface area contributed by atoms with Gasteiger partial charge in [-0.3, -0.25) is 0 Å². The van der Waals surface area contributed by atoms with Crippen LogP contribution in [0.5, 0.6) is 11.6 Å². The summed E-state index contributed by atoms with van der Waals surface area (Å²) in [5.74, 6) is 1.21. The van der Waals surface area contributed by atoms with Gasteiger partial charge < -0.3 is 4.74 Å². The molecule has 0 fully saturated rings. The molecule has 1 heterocycles. The Balaban J connectivity index is 2.33. The van der Waals surface area contributed by atoms with Crippen LogP contribution in [0, 0.1) is 0 Å². The number of alkyl halides is 1. The topological polar surface area (TPSA) is 22.1 Å². The molecule has 0 radical (unpaired) electrons. The van der Waals surface area contributed by atoms with E-state index in [1.54, 1.807) is 24.4 Å². The molecule has 0 aliphatic carbocycles. The third kappa shape index (κ3) is 3.29. The first-order valence-corrected chi connectivity index (χ1v) is 7.02. The Labute approximate surface area is 128 Å². The van der Waals surface area contributed by atoms with Crippen molar-refractivity contribution in [3.63, 3.8) is 0 Å². The van der Waals surface area contributed by atoms with Crippen LogP contribution >= 0.6 is 50.7 Å². The van der Waals surface area contributed by atoms with Crippen molar-refractivity contribution >= 4 is 50.7 Å². The number of aromatic nitrogens is 1. The number of benzene rings is 1. The summed E-state index contributed by atoms with van der Waals surface area (Å²) in [5.41, 5.74) is 0.775. The van der Waals surface area contributed by atoms with E-state index in [0.29, 0.717) is 27.6 Å². The molecule has 0 N–H and O–H groups in total. The summed E-state index contributed by atoms with van der Waals surface area (Å²) in [7, 11) is 0. The van der Waals surface area contributed by atoms with E-state index in [1.807, 2.05) is 6.07 Å². The maximum Gasteiger partial charge on any atom is 0.223 e. The van der Waals surface area contributed by atoms with Crippen LogP contribution in [-0.4, -0.2) is 4.98 Å². The van der Waals surface area contributed by atoms with E-state index < -0.39 is 0 Å². The first kappa shape index (κ1) is 13.9. The van der Waals surface area contributed by atoms with E-state index in [1.165, 1.54) is 0 Å². The fourth-order valence-electron chi connectivity index (χ4n) is 1.32. The van der Waals surface area contributed by atoms with Gasteiger partial charge in [0.25, 0.3) is 0 Å². The molecule has 0 saturated heterocycles. The summed E-state index contributed by atoms with van der Waals surface area (Å²) in [6, 6.07) is 6.84. The number of hydrogen-bond acceptors (Lipinski definition) is 2. The Kier molecular flexibility index (Phi) is 4.73. The lowest BCUT2D eigenvalue weighted by atomic mass is 10.3. The largest absolute Gasteiger partial charge is 0.437 e. The minimum absolute atomic E-state index is 0.299. The van der Waals surface area contributed by atoms with Gasteiger partial charge in [-0.1, -0.05) is 23.2 Å². The predicted molar refractivity (Wildman–Crippen MR) is 78.0 cm³/mol. The minimum atomic E-state index is 0.299. The van der Waals surface area contributed by atoms with Crippen LogP contribution < -0.4 is 4.74 Å². The van der Waals surface area contributed by atoms with Gasteiger partial charge in [-0.05, 0) is 40.2 Å². The SMILES string of the molecule is ClCc1cc(Br)cnc1Oc1ccc(Cl)cc1Cl. The second-order valence-electron chi connectivity index (χ2n) is 3.43. The van der Waals surface area contributed by atoms with Crippen LogP contribution in [-0.2, 0) is 5.88 Å². The van der Waals surface area contributed by atoms with E-state index >= 15 is 0 Å². The molecule has 0 aliphatic rings. The molecule has 0 saturated carbocycles. The molecule has 18 heavy (non-hydrogen) atoms. The zero-order valence-electron chi connectivity index (χ0n) is 8.96. The zero-order valence-corrected chi connectivity index (χ0v) is 12.8. The fourth-order valence-corrected chi connectivity index (χ4v) is 2.34. The monoisotopic (exact) mass is 365 g/mol. The predicted octanol–water partition coefficient (Wildman–Crippen LogP) is 5.68. The number of rotatable bonds is 3. The number of hydrogen-bond donors (Lipinski definition) is 0. The second-order valence-corrected chi connectivity index (χ2v) is 5.45. The normalized spacial score (nSPS) is 10.4. The van der Waals surface area contributed by atoms with Gasteiger partial charge in [0.2, 0.25) is 5.88 Å². The van der Waals surface area contributed by atoms with Gasteiger partial charge in [0, 0.05) is 21.3 Å². The molecule has 0 amide bonds. The van der Waals surface area contributed by atoms with Gasteiger partial charge in [0.1, 0.15) is 5.75 Å². The highest BCUT2D eigenvalue weighted by atomic mass is 79.9. The summed E-state index contributed by atoms with van der Waals surface area (Å²) in [4.78, 5) is 4.16. The number of pyridine rings is 1. The maximum atomic E-state index is 6.03. The summed E-state index contributed by atoms with van der Waals surface area (Å²) in [5, 5.41) is 0.974. The molecule has 0 bridgehead atoms. The van der Waals surface area contributed by atoms with E-state index in [2.05, 4.69) is 20.9 Å². The van der Waals surface area contributed by atoms with Crippen LogP contribution in [0.2, 0.25) is 10.0 Å². The van der Waals surface area contributed by atoms with Gasteiger partial charge in [-0.2, -0.15) is 0 Å². The highest BCUT2D eigenvalue weighted by Crippen LogP contribution is 2.33. The first-order chi connectivity index (χ1) is 8.60. The summed E-state index contributed by atoms with van der Waals surface area (Å²) >= 11 is 21.0. The van der Waals surface area contributed by atoms with Crippen molar-refractivity contribution in [1.29, 1.82) is 0 Å². The summed E-state index contributed by atoms with van der Waals surface area (Å²) in [6.45, 7) is 0. The van der Waals surface area contributed by atoms with Crippen molar-refractivity contribution in [3.8, 4) is 11.6 Å². The molecule has 2 rings (SSSR count). The van der Waals surface area contributed by atoms with Gasteiger partial charge in [-0.15, -0.1) is 11.6 Å². The molecule has 0 atom stereocenters. The van der Waals surface area contributed by atoms with Crippen LogP contribution in [0.4, 0.5) is 0 Å². The lowest BCUT2D eigenvalue weighted by molar-refractivity contribution is 0.458. The molecular weight excluding hydrogens is 360 g/mol. The lowest BCUT2D eigenvalue weighted by Crippen LogP contribution is -1.93. The van der Waals surface area contributed by atoms with Crippen molar-refractivity contribution in [1.82, 2.24) is 4.98 Å². The lowest BCUT2D eigenvalue weighted by Gasteiger charge is -2.10. The van der Waals surface area contributed by atoms with E-state index in [4.69, 9.17) is 39.5 Å². The summed E-state index contributed by atoms with van der Waals surface area (Å²) in [6.07, 6.45) is 1.63. The molecule has 94 valence electrons. The van der Waals surface area contributed by atoms with Crippen molar-refractivity contribution in [2.45, 2.75) is 5.88 Å². The van der Waals surface area contributed by atoms with Crippen LogP contribution in [0.3, 0.4) is 0 Å². The zero-order chi connectivity index (χ0) is 13.1. The average molecular weight is 367 g/mol. The highest BCUT2D eigenvalue weighted by molar-refractivity contribution is 9.10. The van der Waals surface area contributed by atoms with E-state index in [9.17, 15) is 0 Å². The Bertz CT molecular complexity index is 577. The number of halogens is 4. The van der Waals surface area contributed by atoms with Gasteiger partial charge in [0.05, 0.1) is 10.9 Å². The van der Waals surface area contributed by atoms with Crippen LogP contribution in [0.1, 0.15) is 5.56 Å². The Morgan fingerprint density at radius 3 is 2.67 bits per heavy atom.